The molecule has 1 atom stereocenters. The van der Waals surface area contributed by atoms with Crippen molar-refractivity contribution in [3.63, 3.8) is 0 Å². The van der Waals surface area contributed by atoms with E-state index in [0.717, 1.165) is 32.1 Å². The number of hydrogen-bond donors (Lipinski definition) is 1. The average molecular weight is 286 g/mol. The molecule has 0 aliphatic carbocycles. The molecule has 1 saturated heterocycles. The highest BCUT2D eigenvalue weighted by molar-refractivity contribution is 7.89. The van der Waals surface area contributed by atoms with Crippen molar-refractivity contribution in [2.45, 2.75) is 50.0 Å². The molecular weight excluding hydrogens is 264 g/mol. The van der Waals surface area contributed by atoms with Crippen LogP contribution in [-0.2, 0) is 17.1 Å². The van der Waals surface area contributed by atoms with Gasteiger partial charge < -0.3 is 5.73 Å². The SMILES string of the molecule is CCC1CCCCCN1S(=O)(=O)c1cn(C)nc1N. The first-order chi connectivity index (χ1) is 8.96. The lowest BCUT2D eigenvalue weighted by atomic mass is 10.1. The van der Waals surface area contributed by atoms with Gasteiger partial charge in [-0.2, -0.15) is 9.40 Å². The molecule has 2 N–H and O–H groups in total. The van der Waals surface area contributed by atoms with Crippen molar-refractivity contribution in [1.82, 2.24) is 14.1 Å². The van der Waals surface area contributed by atoms with Crippen LogP contribution >= 0.6 is 0 Å². The van der Waals surface area contributed by atoms with Crippen LogP contribution in [0.4, 0.5) is 5.82 Å². The molecule has 1 unspecified atom stereocenters. The van der Waals surface area contributed by atoms with E-state index in [9.17, 15) is 8.42 Å². The molecule has 1 fully saturated rings. The van der Waals surface area contributed by atoms with Crippen LogP contribution in [0.2, 0.25) is 0 Å². The van der Waals surface area contributed by atoms with Crippen molar-refractivity contribution in [1.29, 1.82) is 0 Å². The predicted octanol–water partition coefficient (Wildman–Crippen LogP) is 1.35. The van der Waals surface area contributed by atoms with Crippen LogP contribution in [0.5, 0.6) is 0 Å². The van der Waals surface area contributed by atoms with Gasteiger partial charge in [-0.15, -0.1) is 0 Å². The van der Waals surface area contributed by atoms with E-state index >= 15 is 0 Å². The number of anilines is 1. The standard InChI is InChI=1S/C12H22N4O2S/c1-3-10-7-5-4-6-8-16(10)19(17,18)11-9-15(2)14-12(11)13/h9-10H,3-8H2,1-2H3,(H2,13,14). The van der Waals surface area contributed by atoms with Gasteiger partial charge in [-0.3, -0.25) is 4.68 Å². The van der Waals surface area contributed by atoms with E-state index in [0.29, 0.717) is 6.54 Å². The van der Waals surface area contributed by atoms with E-state index in [-0.39, 0.29) is 16.8 Å². The number of aryl methyl sites for hydroxylation is 1. The molecule has 7 heteroatoms. The quantitative estimate of drug-likeness (QED) is 0.909. The normalized spacial score (nSPS) is 22.3. The number of aromatic nitrogens is 2. The number of nitrogen functional groups attached to an aromatic ring is 1. The molecule has 1 aromatic rings. The lowest BCUT2D eigenvalue weighted by Crippen LogP contribution is -2.39. The molecule has 0 spiro atoms. The topological polar surface area (TPSA) is 81.2 Å². The molecular formula is C12H22N4O2S. The Bertz CT molecular complexity index is 538. The second-order valence-corrected chi connectivity index (χ2v) is 6.94. The molecule has 1 aromatic heterocycles. The number of hydrogen-bond acceptors (Lipinski definition) is 4. The molecule has 1 aliphatic rings. The minimum atomic E-state index is -3.53. The van der Waals surface area contributed by atoms with Gasteiger partial charge >= 0.3 is 0 Å². The van der Waals surface area contributed by atoms with Crippen molar-refractivity contribution >= 4 is 15.8 Å². The molecule has 6 nitrogen and oxygen atoms in total. The second-order valence-electron chi connectivity index (χ2n) is 5.08. The van der Waals surface area contributed by atoms with Crippen LogP contribution in [0.15, 0.2) is 11.1 Å². The summed E-state index contributed by atoms with van der Waals surface area (Å²) in [5.41, 5.74) is 5.72. The molecule has 2 heterocycles. The minimum absolute atomic E-state index is 0.0760. The van der Waals surface area contributed by atoms with Crippen molar-refractivity contribution < 1.29 is 8.42 Å². The highest BCUT2D eigenvalue weighted by atomic mass is 32.2. The first kappa shape index (κ1) is 14.3. The van der Waals surface area contributed by atoms with Gasteiger partial charge in [-0.05, 0) is 19.3 Å². The maximum absolute atomic E-state index is 12.7. The average Bonchev–Trinajstić information content (AvgIpc) is 2.59. The van der Waals surface area contributed by atoms with E-state index < -0.39 is 10.0 Å². The fourth-order valence-electron chi connectivity index (χ4n) is 2.68. The van der Waals surface area contributed by atoms with Crippen molar-refractivity contribution in [3.8, 4) is 0 Å². The van der Waals surface area contributed by atoms with Crippen LogP contribution in [0.25, 0.3) is 0 Å². The zero-order chi connectivity index (χ0) is 14.0. The molecule has 0 bridgehead atoms. The highest BCUT2D eigenvalue weighted by Gasteiger charge is 2.33. The summed E-state index contributed by atoms with van der Waals surface area (Å²) in [7, 11) is -1.86. The largest absolute Gasteiger partial charge is 0.381 e. The van der Waals surface area contributed by atoms with E-state index in [1.165, 1.54) is 10.9 Å². The molecule has 0 saturated carbocycles. The molecule has 0 aromatic carbocycles. The predicted molar refractivity (Wildman–Crippen MR) is 74.1 cm³/mol. The summed E-state index contributed by atoms with van der Waals surface area (Å²) >= 11 is 0. The zero-order valence-electron chi connectivity index (χ0n) is 11.5. The van der Waals surface area contributed by atoms with Gasteiger partial charge in [0.25, 0.3) is 0 Å². The van der Waals surface area contributed by atoms with Gasteiger partial charge in [-0.1, -0.05) is 19.8 Å². The van der Waals surface area contributed by atoms with Crippen molar-refractivity contribution in [2.24, 2.45) is 7.05 Å². The highest BCUT2D eigenvalue weighted by Crippen LogP contribution is 2.28. The van der Waals surface area contributed by atoms with Gasteiger partial charge in [0.1, 0.15) is 4.90 Å². The summed E-state index contributed by atoms with van der Waals surface area (Å²) < 4.78 is 28.5. The molecule has 108 valence electrons. The summed E-state index contributed by atoms with van der Waals surface area (Å²) in [6.07, 6.45) is 6.34. The summed E-state index contributed by atoms with van der Waals surface area (Å²) in [5.74, 6) is 0.0848. The van der Waals surface area contributed by atoms with Crippen LogP contribution in [0.3, 0.4) is 0 Å². The van der Waals surface area contributed by atoms with Gasteiger partial charge in [0.2, 0.25) is 10.0 Å². The number of nitrogens with zero attached hydrogens (tertiary/aromatic N) is 3. The summed E-state index contributed by atoms with van der Waals surface area (Å²) in [5, 5.41) is 3.94. The Hall–Kier alpha value is -1.08. The Kier molecular flexibility index (Phi) is 4.15. The van der Waals surface area contributed by atoms with Crippen LogP contribution in [0.1, 0.15) is 39.0 Å². The number of sulfonamides is 1. The third-order valence-corrected chi connectivity index (χ3v) is 5.67. The summed E-state index contributed by atoms with van der Waals surface area (Å²) in [4.78, 5) is 0.135. The molecule has 1 aliphatic heterocycles. The maximum atomic E-state index is 12.7. The smallest absolute Gasteiger partial charge is 0.248 e. The first-order valence-corrected chi connectivity index (χ1v) is 8.21. The third kappa shape index (κ3) is 2.76. The third-order valence-electron chi connectivity index (χ3n) is 3.70. The molecule has 19 heavy (non-hydrogen) atoms. The maximum Gasteiger partial charge on any atom is 0.248 e. The van der Waals surface area contributed by atoms with Crippen molar-refractivity contribution in [3.05, 3.63) is 6.20 Å². The summed E-state index contributed by atoms with van der Waals surface area (Å²) in [6.45, 7) is 2.61. The van der Waals surface area contributed by atoms with Crippen LogP contribution in [-0.4, -0.2) is 35.1 Å². The second kappa shape index (κ2) is 5.50. The fourth-order valence-corrected chi connectivity index (χ4v) is 4.54. The number of rotatable bonds is 3. The van der Waals surface area contributed by atoms with Crippen LogP contribution < -0.4 is 5.73 Å². The lowest BCUT2D eigenvalue weighted by molar-refractivity contribution is 0.315. The number of nitrogens with two attached hydrogens (primary N) is 1. The Morgan fingerprint density at radius 2 is 2.16 bits per heavy atom. The van der Waals surface area contributed by atoms with E-state index in [1.807, 2.05) is 6.92 Å². The lowest BCUT2D eigenvalue weighted by Gasteiger charge is -2.27. The Labute approximate surface area is 114 Å². The monoisotopic (exact) mass is 286 g/mol. The van der Waals surface area contributed by atoms with Gasteiger partial charge in [0.15, 0.2) is 5.82 Å². The van der Waals surface area contributed by atoms with E-state index in [1.54, 1.807) is 11.4 Å². The Morgan fingerprint density at radius 1 is 1.42 bits per heavy atom. The fraction of sp³-hybridized carbons (Fsp3) is 0.750. The Balaban J connectivity index is 2.39. The zero-order valence-corrected chi connectivity index (χ0v) is 12.4. The van der Waals surface area contributed by atoms with Crippen LogP contribution in [0, 0.1) is 0 Å². The van der Waals surface area contributed by atoms with Gasteiger partial charge in [-0.25, -0.2) is 8.42 Å². The Morgan fingerprint density at radius 3 is 2.74 bits per heavy atom. The molecule has 2 rings (SSSR count). The van der Waals surface area contributed by atoms with E-state index in [2.05, 4.69) is 5.10 Å². The van der Waals surface area contributed by atoms with Crippen molar-refractivity contribution in [2.75, 3.05) is 12.3 Å². The first-order valence-electron chi connectivity index (χ1n) is 6.77. The summed E-state index contributed by atoms with van der Waals surface area (Å²) in [6, 6.07) is 0.0760. The van der Waals surface area contributed by atoms with Gasteiger partial charge in [0.05, 0.1) is 0 Å². The minimum Gasteiger partial charge on any atom is -0.381 e. The molecule has 0 radical (unpaired) electrons. The molecule has 0 amide bonds. The van der Waals surface area contributed by atoms with E-state index in [4.69, 9.17) is 5.73 Å². The van der Waals surface area contributed by atoms with Gasteiger partial charge in [0, 0.05) is 25.8 Å².